The molecule has 0 fully saturated rings. The van der Waals surface area contributed by atoms with Gasteiger partial charge >= 0.3 is 0 Å². The predicted octanol–water partition coefficient (Wildman–Crippen LogP) is 2.73. The second-order valence-corrected chi connectivity index (χ2v) is 5.05. The molecule has 0 bridgehead atoms. The summed E-state index contributed by atoms with van der Waals surface area (Å²) >= 11 is 6.33. The first-order chi connectivity index (χ1) is 10.0. The lowest BCUT2D eigenvalue weighted by Crippen LogP contribution is -2.20. The molecular formula is C15H11ClN2O3. The third kappa shape index (κ3) is 1.97. The van der Waals surface area contributed by atoms with E-state index in [1.54, 1.807) is 31.2 Å². The number of carbonyl (C=O) groups excluding carboxylic acids is 3. The quantitative estimate of drug-likeness (QED) is 0.838. The highest BCUT2D eigenvalue weighted by atomic mass is 35.5. The summed E-state index contributed by atoms with van der Waals surface area (Å²) < 4.78 is 0. The van der Waals surface area contributed by atoms with Gasteiger partial charge in [-0.25, -0.2) is 0 Å². The minimum atomic E-state index is -0.547. The number of anilines is 1. The predicted molar refractivity (Wildman–Crippen MR) is 79.7 cm³/mol. The Hall–Kier alpha value is -2.40. The summed E-state index contributed by atoms with van der Waals surface area (Å²) in [6, 6.07) is 7.01. The largest absolute Gasteiger partial charge is 0.324 e. The Bertz CT molecular complexity index is 814. The molecular weight excluding hydrogens is 292 g/mol. The summed E-state index contributed by atoms with van der Waals surface area (Å²) in [5, 5.41) is 6.34. The van der Waals surface area contributed by atoms with E-state index in [-0.39, 0.29) is 34.2 Å². The SMILES string of the molecule is CCC(=O)Nc1c2c(c3ccccc3c1Cl)C(=O)NC2=O. The van der Waals surface area contributed by atoms with Crippen LogP contribution >= 0.6 is 11.6 Å². The highest BCUT2D eigenvalue weighted by molar-refractivity contribution is 6.42. The van der Waals surface area contributed by atoms with Crippen molar-refractivity contribution in [2.45, 2.75) is 13.3 Å². The topological polar surface area (TPSA) is 75.3 Å². The van der Waals surface area contributed by atoms with Gasteiger partial charge in [-0.05, 0) is 5.39 Å². The summed E-state index contributed by atoms with van der Waals surface area (Å²) in [6.45, 7) is 1.69. The monoisotopic (exact) mass is 302 g/mol. The van der Waals surface area contributed by atoms with E-state index in [1.807, 2.05) is 0 Å². The van der Waals surface area contributed by atoms with Crippen LogP contribution in [0.2, 0.25) is 5.02 Å². The van der Waals surface area contributed by atoms with Gasteiger partial charge < -0.3 is 5.32 Å². The number of amides is 3. The average molecular weight is 303 g/mol. The van der Waals surface area contributed by atoms with E-state index in [0.29, 0.717) is 10.8 Å². The molecule has 2 aromatic carbocycles. The van der Waals surface area contributed by atoms with Gasteiger partial charge in [0, 0.05) is 11.8 Å². The molecule has 0 unspecified atom stereocenters. The van der Waals surface area contributed by atoms with Gasteiger partial charge in [-0.1, -0.05) is 42.8 Å². The first-order valence-electron chi connectivity index (χ1n) is 6.44. The average Bonchev–Trinajstić information content (AvgIpc) is 2.78. The van der Waals surface area contributed by atoms with Crippen LogP contribution in [0.25, 0.3) is 10.8 Å². The second kappa shape index (κ2) is 4.86. The van der Waals surface area contributed by atoms with Crippen molar-refractivity contribution >= 4 is 45.8 Å². The minimum Gasteiger partial charge on any atom is -0.324 e. The fraction of sp³-hybridized carbons (Fsp3) is 0.133. The number of nitrogens with one attached hydrogen (secondary N) is 2. The zero-order valence-corrected chi connectivity index (χ0v) is 11.9. The molecule has 21 heavy (non-hydrogen) atoms. The molecule has 2 N–H and O–H groups in total. The van der Waals surface area contributed by atoms with Gasteiger partial charge in [-0.15, -0.1) is 0 Å². The van der Waals surface area contributed by atoms with E-state index in [0.717, 1.165) is 0 Å². The van der Waals surface area contributed by atoms with Crippen molar-refractivity contribution in [3.8, 4) is 0 Å². The van der Waals surface area contributed by atoms with Crippen LogP contribution < -0.4 is 10.6 Å². The first kappa shape index (κ1) is 13.6. The summed E-state index contributed by atoms with van der Waals surface area (Å²) in [6.07, 6.45) is 0.244. The third-order valence-corrected chi connectivity index (χ3v) is 3.81. The van der Waals surface area contributed by atoms with Crippen LogP contribution in [0.4, 0.5) is 5.69 Å². The van der Waals surface area contributed by atoms with E-state index in [9.17, 15) is 14.4 Å². The maximum absolute atomic E-state index is 12.0. The molecule has 0 aliphatic carbocycles. The van der Waals surface area contributed by atoms with Crippen molar-refractivity contribution in [2.75, 3.05) is 5.32 Å². The normalized spacial score (nSPS) is 13.2. The van der Waals surface area contributed by atoms with Gasteiger partial charge in [0.2, 0.25) is 5.91 Å². The lowest BCUT2D eigenvalue weighted by atomic mass is 9.98. The zero-order chi connectivity index (χ0) is 15.1. The van der Waals surface area contributed by atoms with Gasteiger partial charge in [-0.2, -0.15) is 0 Å². The fourth-order valence-electron chi connectivity index (χ4n) is 2.43. The molecule has 1 aliphatic heterocycles. The third-order valence-electron chi connectivity index (χ3n) is 3.42. The van der Waals surface area contributed by atoms with Crippen molar-refractivity contribution in [2.24, 2.45) is 0 Å². The van der Waals surface area contributed by atoms with E-state index >= 15 is 0 Å². The molecule has 0 atom stereocenters. The molecule has 0 saturated heterocycles. The molecule has 6 heteroatoms. The van der Waals surface area contributed by atoms with Crippen molar-refractivity contribution in [1.82, 2.24) is 5.32 Å². The van der Waals surface area contributed by atoms with Crippen LogP contribution in [0, 0.1) is 0 Å². The summed E-state index contributed by atoms with van der Waals surface area (Å²) in [7, 11) is 0. The summed E-state index contributed by atoms with van der Waals surface area (Å²) in [4.78, 5) is 35.7. The molecule has 2 aromatic rings. The number of fused-ring (bicyclic) bond motifs is 3. The van der Waals surface area contributed by atoms with Crippen LogP contribution in [0.1, 0.15) is 34.1 Å². The molecule has 1 aliphatic rings. The van der Waals surface area contributed by atoms with E-state index < -0.39 is 11.8 Å². The molecule has 0 spiro atoms. The Morgan fingerprint density at radius 3 is 2.43 bits per heavy atom. The number of halogens is 1. The Balaban J connectivity index is 2.40. The van der Waals surface area contributed by atoms with Crippen LogP contribution in [-0.4, -0.2) is 17.7 Å². The van der Waals surface area contributed by atoms with Crippen LogP contribution in [-0.2, 0) is 4.79 Å². The Kier molecular flexibility index (Phi) is 3.14. The van der Waals surface area contributed by atoms with Crippen LogP contribution in [0.3, 0.4) is 0 Å². The van der Waals surface area contributed by atoms with Gasteiger partial charge in [0.15, 0.2) is 0 Å². The molecule has 0 radical (unpaired) electrons. The van der Waals surface area contributed by atoms with Crippen LogP contribution in [0.5, 0.6) is 0 Å². The van der Waals surface area contributed by atoms with Gasteiger partial charge in [0.1, 0.15) is 0 Å². The number of benzene rings is 2. The molecule has 3 amide bonds. The Morgan fingerprint density at radius 1 is 1.14 bits per heavy atom. The molecule has 106 valence electrons. The number of hydrogen-bond acceptors (Lipinski definition) is 3. The smallest absolute Gasteiger partial charge is 0.261 e. The Morgan fingerprint density at radius 2 is 1.76 bits per heavy atom. The highest BCUT2D eigenvalue weighted by Gasteiger charge is 2.34. The minimum absolute atomic E-state index is 0.130. The van der Waals surface area contributed by atoms with Gasteiger partial charge in [0.25, 0.3) is 11.8 Å². The zero-order valence-electron chi connectivity index (χ0n) is 11.1. The number of carbonyl (C=O) groups is 3. The molecule has 0 saturated carbocycles. The molecule has 1 heterocycles. The summed E-state index contributed by atoms with van der Waals surface area (Å²) in [5.74, 6) is -1.30. The molecule has 5 nitrogen and oxygen atoms in total. The van der Waals surface area contributed by atoms with E-state index in [2.05, 4.69) is 10.6 Å². The second-order valence-electron chi connectivity index (χ2n) is 4.67. The maximum Gasteiger partial charge on any atom is 0.261 e. The first-order valence-corrected chi connectivity index (χ1v) is 6.82. The van der Waals surface area contributed by atoms with E-state index in [1.165, 1.54) is 0 Å². The standard InChI is InChI=1S/C15H11ClN2O3/c1-2-9(19)17-13-11-10(14(20)18-15(11)21)7-5-3-4-6-8(7)12(13)16/h3-6H,2H2,1H3,(H,17,19)(H,18,20,21). The highest BCUT2D eigenvalue weighted by Crippen LogP contribution is 2.39. The number of hydrogen-bond donors (Lipinski definition) is 2. The van der Waals surface area contributed by atoms with Gasteiger partial charge in [0.05, 0.1) is 21.8 Å². The summed E-state index contributed by atoms with van der Waals surface area (Å²) in [5.41, 5.74) is 0.581. The number of rotatable bonds is 2. The molecule has 3 rings (SSSR count). The lowest BCUT2D eigenvalue weighted by molar-refractivity contribution is -0.115. The van der Waals surface area contributed by atoms with Crippen molar-refractivity contribution < 1.29 is 14.4 Å². The van der Waals surface area contributed by atoms with Crippen molar-refractivity contribution in [1.29, 1.82) is 0 Å². The number of imide groups is 1. The van der Waals surface area contributed by atoms with Crippen molar-refractivity contribution in [3.63, 3.8) is 0 Å². The Labute approximate surface area is 125 Å². The van der Waals surface area contributed by atoms with Crippen LogP contribution in [0.15, 0.2) is 24.3 Å². The lowest BCUT2D eigenvalue weighted by Gasteiger charge is -2.13. The maximum atomic E-state index is 12.0. The van der Waals surface area contributed by atoms with Gasteiger partial charge in [-0.3, -0.25) is 19.7 Å². The molecule has 0 aromatic heterocycles. The van der Waals surface area contributed by atoms with Crippen molar-refractivity contribution in [3.05, 3.63) is 40.4 Å². The van der Waals surface area contributed by atoms with E-state index in [4.69, 9.17) is 11.6 Å². The fourth-order valence-corrected chi connectivity index (χ4v) is 2.74.